The molecule has 1 rings (SSSR count). The summed E-state index contributed by atoms with van der Waals surface area (Å²) in [6.07, 6.45) is 1.07. The Hall–Kier alpha value is -0.770. The number of hydrogen-bond acceptors (Lipinski definition) is 3. The lowest BCUT2D eigenvalue weighted by atomic mass is 10.3. The molecule has 0 radical (unpaired) electrons. The Morgan fingerprint density at radius 2 is 2.18 bits per heavy atom. The highest BCUT2D eigenvalue weighted by atomic mass is 35.5. The molecule has 0 unspecified atom stereocenters. The lowest BCUT2D eigenvalue weighted by Gasteiger charge is -2.17. The summed E-state index contributed by atoms with van der Waals surface area (Å²) in [4.78, 5) is 2.29. The fraction of sp³-hybridized carbons (Fsp3) is 0.538. The van der Waals surface area contributed by atoms with Gasteiger partial charge in [-0.15, -0.1) is 0 Å². The number of ether oxygens (including phenoxy) is 1. The van der Waals surface area contributed by atoms with Crippen molar-refractivity contribution in [3.8, 4) is 0 Å². The summed E-state index contributed by atoms with van der Waals surface area (Å²) in [5, 5.41) is 4.12. The van der Waals surface area contributed by atoms with Gasteiger partial charge in [-0.3, -0.25) is 0 Å². The van der Waals surface area contributed by atoms with E-state index in [2.05, 4.69) is 17.3 Å². The van der Waals surface area contributed by atoms with Gasteiger partial charge in [0.1, 0.15) is 0 Å². The second-order valence-electron chi connectivity index (χ2n) is 4.09. The zero-order valence-corrected chi connectivity index (χ0v) is 11.3. The largest absolute Gasteiger partial charge is 0.385 e. The number of benzene rings is 1. The molecule has 0 aromatic heterocycles. The minimum absolute atomic E-state index is 0.767. The number of nitrogens with zero attached hydrogens (tertiary/aromatic N) is 1. The van der Waals surface area contributed by atoms with Gasteiger partial charge >= 0.3 is 0 Å². The third-order valence-corrected chi connectivity index (χ3v) is 2.77. The second kappa shape index (κ2) is 8.34. The molecule has 4 heteroatoms. The number of hydrogen-bond donors (Lipinski definition) is 1. The number of nitrogens with one attached hydrogen (secondary N) is 1. The zero-order chi connectivity index (χ0) is 12.5. The van der Waals surface area contributed by atoms with Crippen LogP contribution in [0.2, 0.25) is 5.02 Å². The Kier molecular flexibility index (Phi) is 7.01. The summed E-state index contributed by atoms with van der Waals surface area (Å²) in [5.41, 5.74) is 1.07. The molecule has 17 heavy (non-hydrogen) atoms. The van der Waals surface area contributed by atoms with E-state index in [1.165, 1.54) is 0 Å². The van der Waals surface area contributed by atoms with Crippen molar-refractivity contribution in [1.82, 2.24) is 4.90 Å². The zero-order valence-electron chi connectivity index (χ0n) is 10.6. The van der Waals surface area contributed by atoms with E-state index in [4.69, 9.17) is 16.3 Å². The van der Waals surface area contributed by atoms with Crippen LogP contribution < -0.4 is 5.32 Å². The average molecular weight is 257 g/mol. The van der Waals surface area contributed by atoms with Crippen molar-refractivity contribution < 1.29 is 4.74 Å². The first-order valence-corrected chi connectivity index (χ1v) is 6.27. The topological polar surface area (TPSA) is 24.5 Å². The SMILES string of the molecule is COCCCN(C)CCNc1cccc(Cl)c1. The van der Waals surface area contributed by atoms with Crippen LogP contribution in [0.25, 0.3) is 0 Å². The van der Waals surface area contributed by atoms with Gasteiger partial charge < -0.3 is 15.0 Å². The minimum atomic E-state index is 0.767. The minimum Gasteiger partial charge on any atom is -0.385 e. The van der Waals surface area contributed by atoms with Crippen molar-refractivity contribution in [2.24, 2.45) is 0 Å². The van der Waals surface area contributed by atoms with Crippen LogP contribution in [0.3, 0.4) is 0 Å². The van der Waals surface area contributed by atoms with E-state index in [9.17, 15) is 0 Å². The maximum Gasteiger partial charge on any atom is 0.0474 e. The van der Waals surface area contributed by atoms with Crippen LogP contribution in [0.4, 0.5) is 5.69 Å². The Labute approximate surface area is 109 Å². The van der Waals surface area contributed by atoms with E-state index in [0.29, 0.717) is 0 Å². The molecule has 1 N–H and O–H groups in total. The Morgan fingerprint density at radius 3 is 2.88 bits per heavy atom. The number of likely N-dealkylation sites (N-methyl/N-ethyl adjacent to an activating group) is 1. The normalized spacial score (nSPS) is 10.8. The lowest BCUT2D eigenvalue weighted by molar-refractivity contribution is 0.180. The molecule has 3 nitrogen and oxygen atoms in total. The highest BCUT2D eigenvalue weighted by Gasteiger charge is 1.98. The van der Waals surface area contributed by atoms with Crippen molar-refractivity contribution in [2.75, 3.05) is 45.7 Å². The van der Waals surface area contributed by atoms with E-state index in [1.807, 2.05) is 24.3 Å². The molecule has 0 fully saturated rings. The highest BCUT2D eigenvalue weighted by molar-refractivity contribution is 6.30. The monoisotopic (exact) mass is 256 g/mol. The van der Waals surface area contributed by atoms with Crippen LogP contribution in [0.15, 0.2) is 24.3 Å². The molecule has 0 aliphatic rings. The molecule has 0 bridgehead atoms. The summed E-state index contributed by atoms with van der Waals surface area (Å²) in [6, 6.07) is 7.79. The van der Waals surface area contributed by atoms with Gasteiger partial charge in [0.05, 0.1) is 0 Å². The molecule has 0 atom stereocenters. The number of rotatable bonds is 8. The van der Waals surface area contributed by atoms with E-state index >= 15 is 0 Å². The van der Waals surface area contributed by atoms with Gasteiger partial charge in [0.2, 0.25) is 0 Å². The molecule has 1 aromatic rings. The molecule has 1 aromatic carbocycles. The molecule has 0 aliphatic carbocycles. The average Bonchev–Trinajstić information content (AvgIpc) is 2.29. The third-order valence-electron chi connectivity index (χ3n) is 2.54. The van der Waals surface area contributed by atoms with Gasteiger partial charge in [-0.25, -0.2) is 0 Å². The first-order chi connectivity index (χ1) is 8.22. The molecular weight excluding hydrogens is 236 g/mol. The maximum atomic E-state index is 5.91. The van der Waals surface area contributed by atoms with E-state index in [0.717, 1.165) is 43.4 Å². The first kappa shape index (κ1) is 14.3. The molecule has 0 saturated heterocycles. The van der Waals surface area contributed by atoms with E-state index < -0.39 is 0 Å². The Balaban J connectivity index is 2.14. The number of anilines is 1. The van der Waals surface area contributed by atoms with Crippen molar-refractivity contribution in [2.45, 2.75) is 6.42 Å². The van der Waals surface area contributed by atoms with E-state index in [-0.39, 0.29) is 0 Å². The van der Waals surface area contributed by atoms with Crippen LogP contribution in [0.5, 0.6) is 0 Å². The standard InChI is InChI=1S/C13H21ClN2O/c1-16(8-4-10-17-2)9-7-15-13-6-3-5-12(14)11-13/h3,5-6,11,15H,4,7-10H2,1-2H3. The predicted molar refractivity (Wildman–Crippen MR) is 73.9 cm³/mol. The maximum absolute atomic E-state index is 5.91. The number of methoxy groups -OCH3 is 1. The van der Waals surface area contributed by atoms with E-state index in [1.54, 1.807) is 7.11 Å². The predicted octanol–water partition coefficient (Wildman–Crippen LogP) is 2.72. The van der Waals surface area contributed by atoms with Gasteiger partial charge in [-0.05, 0) is 31.7 Å². The molecule has 0 amide bonds. The summed E-state index contributed by atoms with van der Waals surface area (Å²) < 4.78 is 5.02. The van der Waals surface area contributed by atoms with Crippen molar-refractivity contribution in [3.63, 3.8) is 0 Å². The smallest absolute Gasteiger partial charge is 0.0474 e. The van der Waals surface area contributed by atoms with Crippen LogP contribution in [-0.2, 0) is 4.74 Å². The van der Waals surface area contributed by atoms with Crippen LogP contribution >= 0.6 is 11.6 Å². The van der Waals surface area contributed by atoms with Crippen LogP contribution in [0, 0.1) is 0 Å². The Morgan fingerprint density at radius 1 is 1.35 bits per heavy atom. The molecule has 0 heterocycles. The molecule has 0 aliphatic heterocycles. The first-order valence-electron chi connectivity index (χ1n) is 5.89. The molecule has 96 valence electrons. The summed E-state index contributed by atoms with van der Waals surface area (Å²) >= 11 is 5.91. The Bertz CT molecular complexity index is 320. The van der Waals surface area contributed by atoms with Crippen LogP contribution in [-0.4, -0.2) is 45.3 Å². The van der Waals surface area contributed by atoms with Crippen molar-refractivity contribution in [1.29, 1.82) is 0 Å². The molecular formula is C13H21ClN2O. The molecule has 0 spiro atoms. The molecule has 0 saturated carbocycles. The number of halogens is 1. The quantitative estimate of drug-likeness (QED) is 0.724. The summed E-state index contributed by atoms with van der Waals surface area (Å²) in [5.74, 6) is 0. The summed E-state index contributed by atoms with van der Waals surface area (Å²) in [6.45, 7) is 3.82. The van der Waals surface area contributed by atoms with Crippen molar-refractivity contribution >= 4 is 17.3 Å². The van der Waals surface area contributed by atoms with Gasteiger partial charge in [-0.2, -0.15) is 0 Å². The second-order valence-corrected chi connectivity index (χ2v) is 4.52. The van der Waals surface area contributed by atoms with Crippen LogP contribution in [0.1, 0.15) is 6.42 Å². The van der Waals surface area contributed by atoms with Gasteiger partial charge in [0.25, 0.3) is 0 Å². The fourth-order valence-corrected chi connectivity index (χ4v) is 1.77. The van der Waals surface area contributed by atoms with Gasteiger partial charge in [0, 0.05) is 44.1 Å². The highest BCUT2D eigenvalue weighted by Crippen LogP contribution is 2.14. The summed E-state index contributed by atoms with van der Waals surface area (Å²) in [7, 11) is 3.86. The fourth-order valence-electron chi connectivity index (χ4n) is 1.58. The lowest BCUT2D eigenvalue weighted by Crippen LogP contribution is -2.26. The third kappa shape index (κ3) is 6.51. The van der Waals surface area contributed by atoms with Crippen molar-refractivity contribution in [3.05, 3.63) is 29.3 Å². The van der Waals surface area contributed by atoms with Gasteiger partial charge in [0.15, 0.2) is 0 Å². The van der Waals surface area contributed by atoms with Gasteiger partial charge in [-0.1, -0.05) is 17.7 Å².